The molecule has 0 saturated heterocycles. The van der Waals surface area contributed by atoms with Crippen LogP contribution < -0.4 is 21.9 Å². The van der Waals surface area contributed by atoms with Gasteiger partial charge in [0.15, 0.2) is 0 Å². The van der Waals surface area contributed by atoms with Crippen molar-refractivity contribution in [1.29, 1.82) is 0 Å². The average Bonchev–Trinajstić information content (AvgIpc) is 2.81. The van der Waals surface area contributed by atoms with Gasteiger partial charge in [-0.15, -0.1) is 6.42 Å². The number of nitrogens with one attached hydrogen (secondary N) is 3. The molecule has 0 radical (unpaired) electrons. The number of aromatic amines is 1. The van der Waals surface area contributed by atoms with Gasteiger partial charge in [0.05, 0.1) is 27.5 Å². The van der Waals surface area contributed by atoms with Crippen LogP contribution in [0.4, 0.5) is 11.6 Å². The van der Waals surface area contributed by atoms with Gasteiger partial charge in [0.1, 0.15) is 6.04 Å². The number of carboxylic acids is 2. The minimum atomic E-state index is -1.38. The molecule has 0 spiro atoms. The van der Waals surface area contributed by atoms with Crippen LogP contribution in [-0.2, 0) is 16.0 Å². The molecule has 0 saturated carbocycles. The van der Waals surface area contributed by atoms with Crippen LogP contribution >= 0.6 is 11.6 Å². The topological polar surface area (TPSA) is 187 Å². The predicted octanol–water partition coefficient (Wildman–Crippen LogP) is 1.86. The molecule has 11 nitrogen and oxygen atoms in total. The number of fused-ring (bicyclic) bond motifs is 1. The van der Waals surface area contributed by atoms with Crippen molar-refractivity contribution in [2.24, 2.45) is 0 Å². The van der Waals surface area contributed by atoms with Crippen molar-refractivity contribution in [2.45, 2.75) is 31.3 Å². The number of carbonyl (C=O) groups excluding carboxylic acids is 1. The summed E-state index contributed by atoms with van der Waals surface area (Å²) in [5.41, 5.74) is 6.96. The fourth-order valence-electron chi connectivity index (χ4n) is 3.47. The molecule has 36 heavy (non-hydrogen) atoms. The Kier molecular flexibility index (Phi) is 8.14. The lowest BCUT2D eigenvalue weighted by molar-refractivity contribution is -0.140. The number of terminal acetylenes is 1. The number of aromatic nitrogens is 2. The van der Waals surface area contributed by atoms with Gasteiger partial charge in [-0.3, -0.25) is 19.4 Å². The summed E-state index contributed by atoms with van der Waals surface area (Å²) in [6.45, 7) is 0. The maximum Gasteiger partial charge on any atom is 0.326 e. The molecule has 12 heteroatoms. The molecule has 2 aromatic carbocycles. The number of amides is 1. The number of hydrogen-bond donors (Lipinski definition) is 6. The van der Waals surface area contributed by atoms with Gasteiger partial charge >= 0.3 is 11.9 Å². The van der Waals surface area contributed by atoms with E-state index in [4.69, 9.17) is 28.9 Å². The Labute approximate surface area is 209 Å². The molecule has 0 aliphatic rings. The van der Waals surface area contributed by atoms with Crippen LogP contribution in [0.3, 0.4) is 0 Å². The fraction of sp³-hybridized carbons (Fsp3) is 0.208. The molecule has 7 N–H and O–H groups in total. The highest BCUT2D eigenvalue weighted by molar-refractivity contribution is 6.34. The third kappa shape index (κ3) is 6.52. The number of carboxylic acid groups (broad SMARTS) is 2. The number of halogens is 1. The second kappa shape index (κ2) is 11.2. The zero-order valence-electron chi connectivity index (χ0n) is 18.7. The number of nitrogens with zero attached hydrogens (tertiary/aromatic N) is 1. The Bertz CT molecular complexity index is 1430. The zero-order valence-corrected chi connectivity index (χ0v) is 19.5. The fourth-order valence-corrected chi connectivity index (χ4v) is 3.74. The minimum absolute atomic E-state index is 0.0153. The van der Waals surface area contributed by atoms with Crippen molar-refractivity contribution >= 4 is 52.0 Å². The molecule has 0 fully saturated rings. The van der Waals surface area contributed by atoms with E-state index in [2.05, 4.69) is 26.5 Å². The molecule has 2 atom stereocenters. The largest absolute Gasteiger partial charge is 0.481 e. The van der Waals surface area contributed by atoms with Crippen molar-refractivity contribution in [3.8, 4) is 12.3 Å². The molecule has 186 valence electrons. The van der Waals surface area contributed by atoms with Crippen LogP contribution in [0.2, 0.25) is 5.02 Å². The predicted molar refractivity (Wildman–Crippen MR) is 134 cm³/mol. The van der Waals surface area contributed by atoms with Crippen molar-refractivity contribution in [1.82, 2.24) is 15.3 Å². The van der Waals surface area contributed by atoms with Gasteiger partial charge in [-0.05, 0) is 42.3 Å². The summed E-state index contributed by atoms with van der Waals surface area (Å²) in [6, 6.07) is 7.67. The highest BCUT2D eigenvalue weighted by Gasteiger charge is 2.23. The van der Waals surface area contributed by atoms with Gasteiger partial charge in [-0.25, -0.2) is 9.78 Å². The van der Waals surface area contributed by atoms with Crippen LogP contribution in [-0.4, -0.2) is 50.1 Å². The highest BCUT2D eigenvalue weighted by atomic mass is 35.5. The smallest absolute Gasteiger partial charge is 0.326 e. The normalized spacial score (nSPS) is 12.3. The summed E-state index contributed by atoms with van der Waals surface area (Å²) >= 11 is 6.25. The van der Waals surface area contributed by atoms with E-state index in [-0.39, 0.29) is 28.5 Å². The summed E-state index contributed by atoms with van der Waals surface area (Å²) in [6.07, 6.45) is 5.34. The number of aliphatic carboxylic acids is 2. The number of hydrogen-bond acceptors (Lipinski definition) is 7. The van der Waals surface area contributed by atoms with Crippen LogP contribution in [0.5, 0.6) is 0 Å². The third-order valence-electron chi connectivity index (χ3n) is 5.23. The lowest BCUT2D eigenvalue weighted by Gasteiger charge is -2.17. The molecule has 0 bridgehead atoms. The third-order valence-corrected chi connectivity index (χ3v) is 5.55. The van der Waals surface area contributed by atoms with Gasteiger partial charge in [-0.2, -0.15) is 0 Å². The highest BCUT2D eigenvalue weighted by Crippen LogP contribution is 2.23. The summed E-state index contributed by atoms with van der Waals surface area (Å²) in [4.78, 5) is 53.2. The number of nitrogen functional groups attached to an aromatic ring is 1. The molecule has 0 aliphatic heterocycles. The first-order valence-electron chi connectivity index (χ1n) is 10.6. The first-order valence-corrected chi connectivity index (χ1v) is 11.0. The molecule has 3 rings (SSSR count). The summed E-state index contributed by atoms with van der Waals surface area (Å²) < 4.78 is 0. The first kappa shape index (κ1) is 26.1. The average molecular weight is 512 g/mol. The Balaban J connectivity index is 1.71. The summed E-state index contributed by atoms with van der Waals surface area (Å²) in [7, 11) is 0. The molecule has 0 aliphatic carbocycles. The van der Waals surface area contributed by atoms with E-state index in [1.807, 2.05) is 0 Å². The molecule has 1 aromatic heterocycles. The van der Waals surface area contributed by atoms with Crippen LogP contribution in [0.25, 0.3) is 10.9 Å². The van der Waals surface area contributed by atoms with Crippen molar-refractivity contribution in [3.05, 3.63) is 62.9 Å². The number of rotatable bonds is 10. The monoisotopic (exact) mass is 511 g/mol. The van der Waals surface area contributed by atoms with Crippen LogP contribution in [0.1, 0.15) is 28.8 Å². The molecule has 1 unspecified atom stereocenters. The Hall–Kier alpha value is -4.56. The van der Waals surface area contributed by atoms with Gasteiger partial charge in [0, 0.05) is 18.5 Å². The Morgan fingerprint density at radius 3 is 2.58 bits per heavy atom. The summed E-state index contributed by atoms with van der Waals surface area (Å²) in [5, 5.41) is 23.8. The van der Waals surface area contributed by atoms with Gasteiger partial charge in [0.2, 0.25) is 5.95 Å². The second-order valence-corrected chi connectivity index (χ2v) is 8.27. The van der Waals surface area contributed by atoms with E-state index in [1.54, 1.807) is 24.3 Å². The van der Waals surface area contributed by atoms with Gasteiger partial charge in [-0.1, -0.05) is 23.6 Å². The van der Waals surface area contributed by atoms with Crippen molar-refractivity contribution in [3.63, 3.8) is 0 Å². The van der Waals surface area contributed by atoms with E-state index in [9.17, 15) is 24.3 Å². The lowest BCUT2D eigenvalue weighted by Crippen LogP contribution is -2.41. The molecule has 1 heterocycles. The minimum Gasteiger partial charge on any atom is -0.481 e. The van der Waals surface area contributed by atoms with Gasteiger partial charge in [0.25, 0.3) is 11.5 Å². The van der Waals surface area contributed by atoms with E-state index >= 15 is 0 Å². The zero-order chi connectivity index (χ0) is 26.4. The lowest BCUT2D eigenvalue weighted by atomic mass is 10.0. The Morgan fingerprint density at radius 2 is 1.94 bits per heavy atom. The second-order valence-electron chi connectivity index (χ2n) is 7.86. The van der Waals surface area contributed by atoms with Crippen LogP contribution in [0.15, 0.2) is 41.2 Å². The molecule has 1 amide bonds. The SMILES string of the molecule is C#CC(Cc1ccc2nc(N)[nH]c(=O)c2c1)Nc1ccc(C(=O)N[C@@H](CCC(=O)O)C(=O)O)c(Cl)c1. The van der Waals surface area contributed by atoms with E-state index in [0.29, 0.717) is 23.0 Å². The number of nitrogens with two attached hydrogens (primary N) is 1. The number of anilines is 2. The molecular weight excluding hydrogens is 490 g/mol. The number of benzene rings is 2. The summed E-state index contributed by atoms with van der Waals surface area (Å²) in [5.74, 6) is -0.643. The van der Waals surface area contributed by atoms with E-state index in [0.717, 1.165) is 5.56 Å². The van der Waals surface area contributed by atoms with E-state index < -0.39 is 36.4 Å². The molecular formula is C24H22ClN5O6. The number of H-pyrrole nitrogens is 1. The Morgan fingerprint density at radius 1 is 1.19 bits per heavy atom. The quantitative estimate of drug-likeness (QED) is 0.221. The maximum atomic E-state index is 12.5. The molecule has 3 aromatic rings. The first-order chi connectivity index (χ1) is 17.1. The number of carbonyl (C=O) groups is 3. The van der Waals surface area contributed by atoms with Gasteiger partial charge < -0.3 is 26.6 Å². The van der Waals surface area contributed by atoms with Crippen molar-refractivity contribution < 1.29 is 24.6 Å². The van der Waals surface area contributed by atoms with E-state index in [1.165, 1.54) is 12.1 Å². The van der Waals surface area contributed by atoms with Crippen molar-refractivity contribution in [2.75, 3.05) is 11.1 Å². The maximum absolute atomic E-state index is 12.5. The van der Waals surface area contributed by atoms with Crippen LogP contribution in [0, 0.1) is 12.3 Å². The standard InChI is InChI=1S/C24H22ClN5O6/c1-2-13(9-12-3-6-18-16(10-12)22(34)30-24(26)29-18)27-14-4-5-15(17(25)11-14)21(33)28-19(23(35)36)7-8-20(31)32/h1,3-6,10-11,13,19,27H,7-9H2,(H,28,33)(H,31,32)(H,35,36)(H3,26,29,30,34)/t13?,19-/m0/s1.